The van der Waals surface area contributed by atoms with E-state index in [-0.39, 0.29) is 12.5 Å². The third kappa shape index (κ3) is 5.82. The van der Waals surface area contributed by atoms with E-state index < -0.39 is 11.9 Å². The van der Waals surface area contributed by atoms with E-state index in [0.29, 0.717) is 22.4 Å². The number of hydrogen-bond donors (Lipinski definition) is 2. The van der Waals surface area contributed by atoms with Crippen LogP contribution in [0.1, 0.15) is 37.4 Å². The van der Waals surface area contributed by atoms with Gasteiger partial charge in [0.25, 0.3) is 11.8 Å². The zero-order chi connectivity index (χ0) is 25.5. The molecule has 0 atom stereocenters. The van der Waals surface area contributed by atoms with Gasteiger partial charge >= 0.3 is 5.97 Å². The largest absolute Gasteiger partial charge is 0.422 e. The van der Waals surface area contributed by atoms with Gasteiger partial charge in [-0.1, -0.05) is 66.2 Å². The summed E-state index contributed by atoms with van der Waals surface area (Å²) in [4.78, 5) is 37.3. The highest BCUT2D eigenvalue weighted by molar-refractivity contribution is 6.04. The van der Waals surface area contributed by atoms with Gasteiger partial charge in [-0.15, -0.1) is 0 Å². The standard InChI is InChI=1S/C29H25N3O4/c1-19-8-7-11-22(16-19)29(35)36-26-15-14-21-10-4-6-13-24(21)25(26)17-31-32-27(33)18-30-28(34)23-12-5-3-9-20(23)2/h3-17H,18H2,1-2H3,(H,30,34)(H,32,33)/b31-17+. The second-order valence-corrected chi connectivity index (χ2v) is 8.25. The van der Waals surface area contributed by atoms with Crippen molar-refractivity contribution < 1.29 is 19.1 Å². The van der Waals surface area contributed by atoms with E-state index in [1.807, 2.05) is 62.4 Å². The number of amides is 2. The molecule has 4 aromatic rings. The summed E-state index contributed by atoms with van der Waals surface area (Å²) in [6, 6.07) is 25.4. The summed E-state index contributed by atoms with van der Waals surface area (Å²) >= 11 is 0. The number of aryl methyl sites for hydroxylation is 2. The fourth-order valence-corrected chi connectivity index (χ4v) is 3.72. The van der Waals surface area contributed by atoms with E-state index >= 15 is 0 Å². The van der Waals surface area contributed by atoms with Crippen LogP contribution in [0.15, 0.2) is 90.0 Å². The molecule has 2 amide bonds. The summed E-state index contributed by atoms with van der Waals surface area (Å²) < 4.78 is 5.69. The minimum Gasteiger partial charge on any atom is -0.422 e. The molecule has 0 aliphatic rings. The molecule has 0 aliphatic heterocycles. The van der Waals surface area contributed by atoms with Crippen molar-refractivity contribution in [3.63, 3.8) is 0 Å². The lowest BCUT2D eigenvalue weighted by molar-refractivity contribution is -0.120. The summed E-state index contributed by atoms with van der Waals surface area (Å²) in [5.74, 6) is -1.02. The Morgan fingerprint density at radius 1 is 0.889 bits per heavy atom. The van der Waals surface area contributed by atoms with E-state index in [4.69, 9.17) is 4.74 Å². The summed E-state index contributed by atoms with van der Waals surface area (Å²) in [5.41, 5.74) is 5.65. The smallest absolute Gasteiger partial charge is 0.343 e. The molecule has 0 bridgehead atoms. The number of nitrogens with zero attached hydrogens (tertiary/aromatic N) is 1. The molecule has 0 radical (unpaired) electrons. The number of hydrazone groups is 1. The van der Waals surface area contributed by atoms with Crippen LogP contribution in [0.2, 0.25) is 0 Å². The molecule has 4 rings (SSSR count). The molecule has 7 heteroatoms. The first-order chi connectivity index (χ1) is 17.4. The lowest BCUT2D eigenvalue weighted by Crippen LogP contribution is -2.35. The topological polar surface area (TPSA) is 96.9 Å². The summed E-state index contributed by atoms with van der Waals surface area (Å²) in [7, 11) is 0. The summed E-state index contributed by atoms with van der Waals surface area (Å²) in [6.07, 6.45) is 1.43. The maximum atomic E-state index is 12.7. The normalized spacial score (nSPS) is 10.8. The molecular formula is C29H25N3O4. The second-order valence-electron chi connectivity index (χ2n) is 8.25. The summed E-state index contributed by atoms with van der Waals surface area (Å²) in [5, 5.41) is 8.36. The van der Waals surface area contributed by atoms with Crippen molar-refractivity contribution in [2.45, 2.75) is 13.8 Å². The number of fused-ring (bicyclic) bond motifs is 1. The highest BCUT2D eigenvalue weighted by atomic mass is 16.5. The van der Waals surface area contributed by atoms with Gasteiger partial charge in [-0.25, -0.2) is 10.2 Å². The van der Waals surface area contributed by atoms with Crippen LogP contribution in [0.3, 0.4) is 0 Å². The van der Waals surface area contributed by atoms with Crippen molar-refractivity contribution in [3.8, 4) is 5.75 Å². The van der Waals surface area contributed by atoms with Gasteiger partial charge in [0.2, 0.25) is 0 Å². The molecule has 7 nitrogen and oxygen atoms in total. The van der Waals surface area contributed by atoms with Gasteiger partial charge in [0.05, 0.1) is 18.3 Å². The van der Waals surface area contributed by atoms with Crippen LogP contribution in [0, 0.1) is 13.8 Å². The molecule has 0 spiro atoms. The van der Waals surface area contributed by atoms with Crippen molar-refractivity contribution in [3.05, 3.63) is 113 Å². The maximum Gasteiger partial charge on any atom is 0.343 e. The Hall–Kier alpha value is -4.78. The third-order valence-electron chi connectivity index (χ3n) is 5.57. The average molecular weight is 480 g/mol. The Morgan fingerprint density at radius 3 is 2.47 bits per heavy atom. The molecule has 36 heavy (non-hydrogen) atoms. The van der Waals surface area contributed by atoms with Crippen LogP contribution in [-0.4, -0.2) is 30.5 Å². The van der Waals surface area contributed by atoms with E-state index in [1.165, 1.54) is 6.21 Å². The fourth-order valence-electron chi connectivity index (χ4n) is 3.72. The molecule has 180 valence electrons. The van der Waals surface area contributed by atoms with Gasteiger partial charge in [0, 0.05) is 11.1 Å². The van der Waals surface area contributed by atoms with Crippen molar-refractivity contribution >= 4 is 34.8 Å². The minimum atomic E-state index is -0.494. The highest BCUT2D eigenvalue weighted by Gasteiger charge is 2.14. The number of esters is 1. The molecule has 0 saturated carbocycles. The Bertz CT molecular complexity index is 1480. The van der Waals surface area contributed by atoms with Crippen molar-refractivity contribution in [1.29, 1.82) is 0 Å². The van der Waals surface area contributed by atoms with E-state index in [0.717, 1.165) is 21.9 Å². The fraction of sp³-hybridized carbons (Fsp3) is 0.103. The van der Waals surface area contributed by atoms with Gasteiger partial charge < -0.3 is 10.1 Å². The zero-order valence-electron chi connectivity index (χ0n) is 19.9. The van der Waals surface area contributed by atoms with Gasteiger partial charge in [0.1, 0.15) is 5.75 Å². The predicted molar refractivity (Wildman–Crippen MR) is 139 cm³/mol. The molecule has 0 saturated heterocycles. The lowest BCUT2D eigenvalue weighted by atomic mass is 10.0. The van der Waals surface area contributed by atoms with Crippen LogP contribution >= 0.6 is 0 Å². The van der Waals surface area contributed by atoms with Crippen LogP contribution in [0.4, 0.5) is 0 Å². The monoisotopic (exact) mass is 479 g/mol. The van der Waals surface area contributed by atoms with Crippen molar-refractivity contribution in [1.82, 2.24) is 10.7 Å². The van der Waals surface area contributed by atoms with Crippen molar-refractivity contribution in [2.75, 3.05) is 6.54 Å². The van der Waals surface area contributed by atoms with Crippen LogP contribution in [0.25, 0.3) is 10.8 Å². The number of hydrogen-bond acceptors (Lipinski definition) is 5. The zero-order valence-corrected chi connectivity index (χ0v) is 19.9. The van der Waals surface area contributed by atoms with E-state index in [2.05, 4.69) is 15.8 Å². The third-order valence-corrected chi connectivity index (χ3v) is 5.57. The van der Waals surface area contributed by atoms with Crippen molar-refractivity contribution in [2.24, 2.45) is 5.10 Å². The molecule has 0 fully saturated rings. The highest BCUT2D eigenvalue weighted by Crippen LogP contribution is 2.27. The lowest BCUT2D eigenvalue weighted by Gasteiger charge is -2.11. The molecule has 0 heterocycles. The van der Waals surface area contributed by atoms with Crippen LogP contribution in [-0.2, 0) is 4.79 Å². The molecule has 0 aliphatic carbocycles. The average Bonchev–Trinajstić information content (AvgIpc) is 2.88. The van der Waals surface area contributed by atoms with Gasteiger partial charge in [0.15, 0.2) is 0 Å². The van der Waals surface area contributed by atoms with Crippen LogP contribution < -0.4 is 15.5 Å². The number of rotatable bonds is 7. The Kier molecular flexibility index (Phi) is 7.51. The Labute approximate surface area is 208 Å². The predicted octanol–water partition coefficient (Wildman–Crippen LogP) is 4.56. The van der Waals surface area contributed by atoms with E-state index in [1.54, 1.807) is 36.4 Å². The first-order valence-electron chi connectivity index (χ1n) is 11.4. The number of carbonyl (C=O) groups is 3. The quantitative estimate of drug-likeness (QED) is 0.176. The first-order valence-corrected chi connectivity index (χ1v) is 11.4. The number of carbonyl (C=O) groups excluding carboxylic acids is 3. The summed E-state index contributed by atoms with van der Waals surface area (Å²) in [6.45, 7) is 3.49. The Morgan fingerprint density at radius 2 is 1.67 bits per heavy atom. The van der Waals surface area contributed by atoms with Gasteiger partial charge in [-0.3, -0.25) is 9.59 Å². The number of benzene rings is 4. The van der Waals surface area contributed by atoms with Gasteiger partial charge in [-0.2, -0.15) is 5.10 Å². The SMILES string of the molecule is Cc1cccc(C(=O)Oc2ccc3ccccc3c2/C=N/NC(=O)CNC(=O)c2ccccc2C)c1. The van der Waals surface area contributed by atoms with Gasteiger partial charge in [-0.05, 0) is 54.4 Å². The maximum absolute atomic E-state index is 12.7. The molecule has 0 unspecified atom stereocenters. The minimum absolute atomic E-state index is 0.241. The molecule has 4 aromatic carbocycles. The Balaban J connectivity index is 1.48. The number of nitrogens with one attached hydrogen (secondary N) is 2. The second kappa shape index (κ2) is 11.1. The van der Waals surface area contributed by atoms with Crippen LogP contribution in [0.5, 0.6) is 5.75 Å². The first kappa shape index (κ1) is 24.3. The molecule has 2 N–H and O–H groups in total. The van der Waals surface area contributed by atoms with E-state index in [9.17, 15) is 14.4 Å². The number of ether oxygens (including phenoxy) is 1. The molecular weight excluding hydrogens is 454 g/mol. The molecule has 0 aromatic heterocycles.